The predicted molar refractivity (Wildman–Crippen MR) is 66.2 cm³/mol. The number of anilines is 1. The molecule has 1 N–H and O–H groups in total. The van der Waals surface area contributed by atoms with Gasteiger partial charge in [0.2, 0.25) is 5.82 Å². The van der Waals surface area contributed by atoms with Crippen molar-refractivity contribution in [2.45, 2.75) is 13.5 Å². The fraction of sp³-hybridized carbons (Fsp3) is 0.273. The topological polar surface area (TPSA) is 85.9 Å². The lowest BCUT2D eigenvalue weighted by atomic mass is 10.3. The molecule has 0 unspecified atom stereocenters. The van der Waals surface area contributed by atoms with Crippen molar-refractivity contribution in [2.24, 2.45) is 7.05 Å². The summed E-state index contributed by atoms with van der Waals surface area (Å²) in [6.07, 6.45) is 3.39. The van der Waals surface area contributed by atoms with E-state index < -0.39 is 4.92 Å². The molecule has 2 aromatic heterocycles. The van der Waals surface area contributed by atoms with Gasteiger partial charge in [0.15, 0.2) is 0 Å². The number of pyridine rings is 1. The zero-order valence-corrected chi connectivity index (χ0v) is 10.1. The molecule has 2 heterocycles. The third kappa shape index (κ3) is 2.29. The number of nitrogens with zero attached hydrogens (tertiary/aromatic N) is 4. The highest BCUT2D eigenvalue weighted by atomic mass is 16.6. The van der Waals surface area contributed by atoms with Gasteiger partial charge >= 0.3 is 5.69 Å². The molecule has 7 heteroatoms. The van der Waals surface area contributed by atoms with Crippen LogP contribution in [0.3, 0.4) is 0 Å². The number of rotatable bonds is 4. The summed E-state index contributed by atoms with van der Waals surface area (Å²) in [6, 6.07) is 3.72. The Morgan fingerprint density at radius 1 is 1.56 bits per heavy atom. The standard InChI is InChI=1S/C11H13N5O2/c1-8-10(16(17)18)11(15(2)14-8)13-7-9-4-3-5-12-6-9/h3-6,13H,7H2,1-2H3. The Balaban J connectivity index is 2.22. The third-order valence-corrected chi connectivity index (χ3v) is 2.56. The first-order valence-electron chi connectivity index (χ1n) is 5.40. The van der Waals surface area contributed by atoms with E-state index in [2.05, 4.69) is 15.4 Å². The van der Waals surface area contributed by atoms with Crippen molar-refractivity contribution in [3.63, 3.8) is 0 Å². The van der Waals surface area contributed by atoms with E-state index in [0.717, 1.165) is 5.56 Å². The molecule has 0 saturated heterocycles. The van der Waals surface area contributed by atoms with E-state index in [1.165, 1.54) is 4.68 Å². The van der Waals surface area contributed by atoms with Crippen LogP contribution in [0.15, 0.2) is 24.5 Å². The average Bonchev–Trinajstić information content (AvgIpc) is 2.62. The van der Waals surface area contributed by atoms with Gasteiger partial charge in [0, 0.05) is 26.0 Å². The van der Waals surface area contributed by atoms with Crippen LogP contribution in [0, 0.1) is 17.0 Å². The molecule has 2 aromatic rings. The molecule has 0 atom stereocenters. The quantitative estimate of drug-likeness (QED) is 0.655. The second-order valence-corrected chi connectivity index (χ2v) is 3.88. The lowest BCUT2D eigenvalue weighted by Gasteiger charge is -2.05. The summed E-state index contributed by atoms with van der Waals surface area (Å²) in [7, 11) is 1.67. The highest BCUT2D eigenvalue weighted by Gasteiger charge is 2.23. The Bertz CT molecular complexity index is 564. The highest BCUT2D eigenvalue weighted by molar-refractivity contribution is 5.59. The molecule has 0 aliphatic heterocycles. The van der Waals surface area contributed by atoms with Gasteiger partial charge in [-0.25, -0.2) is 4.68 Å². The summed E-state index contributed by atoms with van der Waals surface area (Å²) in [5.41, 5.74) is 1.36. The van der Waals surface area contributed by atoms with Gasteiger partial charge < -0.3 is 5.32 Å². The van der Waals surface area contributed by atoms with Crippen LogP contribution in [0.5, 0.6) is 0 Å². The molecular weight excluding hydrogens is 234 g/mol. The summed E-state index contributed by atoms with van der Waals surface area (Å²) < 4.78 is 1.48. The largest absolute Gasteiger partial charge is 0.360 e. The molecule has 94 valence electrons. The molecule has 0 amide bonds. The summed E-state index contributed by atoms with van der Waals surface area (Å²) >= 11 is 0. The second kappa shape index (κ2) is 4.82. The van der Waals surface area contributed by atoms with E-state index in [1.54, 1.807) is 26.4 Å². The summed E-state index contributed by atoms with van der Waals surface area (Å²) in [5, 5.41) is 18.0. The van der Waals surface area contributed by atoms with Crippen LogP contribution < -0.4 is 5.32 Å². The van der Waals surface area contributed by atoms with E-state index in [-0.39, 0.29) is 5.69 Å². The fourth-order valence-corrected chi connectivity index (χ4v) is 1.75. The van der Waals surface area contributed by atoms with Gasteiger partial charge in [0.05, 0.1) is 4.92 Å². The molecule has 0 fully saturated rings. The Morgan fingerprint density at radius 3 is 2.94 bits per heavy atom. The predicted octanol–water partition coefficient (Wildman–Crippen LogP) is 1.64. The number of hydrogen-bond acceptors (Lipinski definition) is 5. The second-order valence-electron chi connectivity index (χ2n) is 3.88. The van der Waals surface area contributed by atoms with E-state index in [4.69, 9.17) is 0 Å². The molecule has 0 radical (unpaired) electrons. The number of aromatic nitrogens is 3. The molecule has 0 aliphatic rings. The summed E-state index contributed by atoms with van der Waals surface area (Å²) in [6.45, 7) is 2.08. The third-order valence-electron chi connectivity index (χ3n) is 2.56. The molecule has 0 spiro atoms. The number of aryl methyl sites for hydroxylation is 2. The molecule has 0 aliphatic carbocycles. The fourth-order valence-electron chi connectivity index (χ4n) is 1.75. The number of nitrogens with one attached hydrogen (secondary N) is 1. The van der Waals surface area contributed by atoms with Crippen molar-refractivity contribution in [1.82, 2.24) is 14.8 Å². The van der Waals surface area contributed by atoms with Gasteiger partial charge in [0.1, 0.15) is 5.69 Å². The zero-order chi connectivity index (χ0) is 13.1. The minimum absolute atomic E-state index is 0.0152. The minimum Gasteiger partial charge on any atom is -0.360 e. The van der Waals surface area contributed by atoms with Gasteiger partial charge in [-0.05, 0) is 18.6 Å². The van der Waals surface area contributed by atoms with Crippen LogP contribution >= 0.6 is 0 Å². The van der Waals surface area contributed by atoms with Gasteiger partial charge in [-0.1, -0.05) is 6.07 Å². The van der Waals surface area contributed by atoms with E-state index >= 15 is 0 Å². The molecule has 0 aromatic carbocycles. The monoisotopic (exact) mass is 247 g/mol. The van der Waals surface area contributed by atoms with E-state index in [0.29, 0.717) is 18.1 Å². The first-order valence-corrected chi connectivity index (χ1v) is 5.40. The minimum atomic E-state index is -0.423. The normalized spacial score (nSPS) is 10.3. The number of nitro groups is 1. The maximum atomic E-state index is 11.0. The summed E-state index contributed by atoms with van der Waals surface area (Å²) in [4.78, 5) is 14.5. The van der Waals surface area contributed by atoms with Crippen LogP contribution in [0.1, 0.15) is 11.3 Å². The maximum absolute atomic E-state index is 11.0. The first kappa shape index (κ1) is 12.0. The first-order chi connectivity index (χ1) is 8.59. The number of hydrogen-bond donors (Lipinski definition) is 1. The van der Waals surface area contributed by atoms with Gasteiger partial charge in [-0.15, -0.1) is 0 Å². The van der Waals surface area contributed by atoms with Crippen LogP contribution in [0.2, 0.25) is 0 Å². The van der Waals surface area contributed by atoms with Crippen molar-refractivity contribution >= 4 is 11.5 Å². The van der Waals surface area contributed by atoms with E-state index in [1.807, 2.05) is 12.1 Å². The highest BCUT2D eigenvalue weighted by Crippen LogP contribution is 2.27. The smallest absolute Gasteiger partial charge is 0.333 e. The Morgan fingerprint density at radius 2 is 2.33 bits per heavy atom. The van der Waals surface area contributed by atoms with Crippen molar-refractivity contribution < 1.29 is 4.92 Å². The van der Waals surface area contributed by atoms with Crippen LogP contribution in [-0.4, -0.2) is 19.7 Å². The zero-order valence-electron chi connectivity index (χ0n) is 10.1. The molecule has 0 saturated carbocycles. The summed E-state index contributed by atoms with van der Waals surface area (Å²) in [5.74, 6) is 0.404. The van der Waals surface area contributed by atoms with Crippen molar-refractivity contribution in [3.05, 3.63) is 45.9 Å². The Hall–Kier alpha value is -2.44. The van der Waals surface area contributed by atoms with E-state index in [9.17, 15) is 10.1 Å². The molecule has 2 rings (SSSR count). The Labute approximate surface area is 104 Å². The average molecular weight is 247 g/mol. The van der Waals surface area contributed by atoms with Crippen molar-refractivity contribution in [2.75, 3.05) is 5.32 Å². The van der Waals surface area contributed by atoms with Crippen molar-refractivity contribution in [1.29, 1.82) is 0 Å². The van der Waals surface area contributed by atoms with Crippen LogP contribution in [0.25, 0.3) is 0 Å². The molecule has 7 nitrogen and oxygen atoms in total. The van der Waals surface area contributed by atoms with Gasteiger partial charge in [-0.3, -0.25) is 15.1 Å². The van der Waals surface area contributed by atoms with Gasteiger partial charge in [0.25, 0.3) is 0 Å². The molecular formula is C11H13N5O2. The molecule has 18 heavy (non-hydrogen) atoms. The lowest BCUT2D eigenvalue weighted by Crippen LogP contribution is -2.06. The Kier molecular flexibility index (Phi) is 3.22. The van der Waals surface area contributed by atoms with Crippen LogP contribution in [0.4, 0.5) is 11.5 Å². The lowest BCUT2D eigenvalue weighted by molar-refractivity contribution is -0.384. The maximum Gasteiger partial charge on any atom is 0.333 e. The SMILES string of the molecule is Cc1nn(C)c(NCc2cccnc2)c1[N+](=O)[O-]. The van der Waals surface area contributed by atoms with Gasteiger partial charge in [-0.2, -0.15) is 5.10 Å². The molecule has 0 bridgehead atoms. The van der Waals surface area contributed by atoms with Crippen molar-refractivity contribution in [3.8, 4) is 0 Å². The van der Waals surface area contributed by atoms with Crippen LogP contribution in [-0.2, 0) is 13.6 Å².